The maximum atomic E-state index is 13.1. The highest BCUT2D eigenvalue weighted by Crippen LogP contribution is 2.08. The van der Waals surface area contributed by atoms with Gasteiger partial charge >= 0.3 is 0 Å². The van der Waals surface area contributed by atoms with Crippen LogP contribution in [-0.4, -0.2) is 30.7 Å². The summed E-state index contributed by atoms with van der Waals surface area (Å²) >= 11 is 0. The molecule has 2 heteroatoms. The maximum absolute atomic E-state index is 13.1. The zero-order valence-corrected chi connectivity index (χ0v) is 8.26. The van der Waals surface area contributed by atoms with E-state index in [1.165, 1.54) is 0 Å². The normalized spacial score (nSPS) is 15.0. The third-order valence-electron chi connectivity index (χ3n) is 2.07. The van der Waals surface area contributed by atoms with Gasteiger partial charge in [0.1, 0.15) is 6.17 Å². The van der Waals surface area contributed by atoms with Gasteiger partial charge in [0.15, 0.2) is 0 Å². The third kappa shape index (κ3) is 4.35. The van der Waals surface area contributed by atoms with Gasteiger partial charge in [0.25, 0.3) is 0 Å². The lowest BCUT2D eigenvalue weighted by molar-refractivity contribution is 0.156. The predicted octanol–water partition coefficient (Wildman–Crippen LogP) is 2.32. The zero-order valence-electron chi connectivity index (χ0n) is 8.26. The monoisotopic (exact) mass is 161 g/mol. The molecule has 0 fully saturated rings. The van der Waals surface area contributed by atoms with Gasteiger partial charge in [-0.25, -0.2) is 4.39 Å². The second-order valence-electron chi connectivity index (χ2n) is 3.79. The molecule has 0 heterocycles. The van der Waals surface area contributed by atoms with E-state index in [4.69, 9.17) is 0 Å². The topological polar surface area (TPSA) is 3.24 Å². The lowest BCUT2D eigenvalue weighted by atomic mass is 10.1. The van der Waals surface area contributed by atoms with Gasteiger partial charge in [0, 0.05) is 12.6 Å². The number of nitrogens with zero attached hydrogens (tertiary/aromatic N) is 1. The Morgan fingerprint density at radius 3 is 1.91 bits per heavy atom. The molecule has 0 saturated heterocycles. The minimum absolute atomic E-state index is 0.135. The first-order valence-electron chi connectivity index (χ1n) is 4.29. The van der Waals surface area contributed by atoms with E-state index >= 15 is 0 Å². The standard InChI is InChI=1S/C9H20FN/c1-7(2)9(10)6-11(5)8(3)4/h7-9H,6H2,1-5H3. The molecule has 11 heavy (non-hydrogen) atoms. The first kappa shape index (κ1) is 10.9. The van der Waals surface area contributed by atoms with Crippen molar-refractivity contribution in [1.29, 1.82) is 0 Å². The summed E-state index contributed by atoms with van der Waals surface area (Å²) < 4.78 is 13.1. The molecule has 1 unspecified atom stereocenters. The number of hydrogen-bond acceptors (Lipinski definition) is 1. The van der Waals surface area contributed by atoms with Crippen LogP contribution in [0.25, 0.3) is 0 Å². The summed E-state index contributed by atoms with van der Waals surface area (Å²) in [6.45, 7) is 8.53. The SMILES string of the molecule is CC(C)C(F)CN(C)C(C)C. The minimum atomic E-state index is -0.692. The highest BCUT2D eigenvalue weighted by Gasteiger charge is 2.15. The molecule has 1 atom stereocenters. The second kappa shape index (κ2) is 4.70. The summed E-state index contributed by atoms with van der Waals surface area (Å²) in [4.78, 5) is 2.03. The smallest absolute Gasteiger partial charge is 0.115 e. The quantitative estimate of drug-likeness (QED) is 0.611. The minimum Gasteiger partial charge on any atom is -0.301 e. The summed E-state index contributed by atoms with van der Waals surface area (Å²) in [5.41, 5.74) is 0. The van der Waals surface area contributed by atoms with Gasteiger partial charge in [-0.2, -0.15) is 0 Å². The van der Waals surface area contributed by atoms with E-state index in [2.05, 4.69) is 13.8 Å². The number of rotatable bonds is 4. The molecule has 1 nitrogen and oxygen atoms in total. The highest BCUT2D eigenvalue weighted by molar-refractivity contribution is 4.67. The van der Waals surface area contributed by atoms with Crippen molar-refractivity contribution in [2.75, 3.05) is 13.6 Å². The molecule has 0 N–H and O–H groups in total. The van der Waals surface area contributed by atoms with E-state index < -0.39 is 6.17 Å². The van der Waals surface area contributed by atoms with E-state index in [1.54, 1.807) is 0 Å². The molecule has 0 aromatic heterocycles. The van der Waals surface area contributed by atoms with Gasteiger partial charge in [0.2, 0.25) is 0 Å². The lowest BCUT2D eigenvalue weighted by Gasteiger charge is -2.24. The van der Waals surface area contributed by atoms with Crippen LogP contribution in [0.2, 0.25) is 0 Å². The molecule has 0 amide bonds. The Balaban J connectivity index is 3.66. The molecule has 0 aliphatic rings. The molecule has 0 bridgehead atoms. The van der Waals surface area contributed by atoms with Crippen LogP contribution in [0.1, 0.15) is 27.7 Å². The molecule has 0 rings (SSSR count). The van der Waals surface area contributed by atoms with Crippen LogP contribution >= 0.6 is 0 Å². The fourth-order valence-electron chi connectivity index (χ4n) is 0.697. The van der Waals surface area contributed by atoms with Gasteiger partial charge in [-0.15, -0.1) is 0 Å². The first-order chi connectivity index (χ1) is 4.95. The maximum Gasteiger partial charge on any atom is 0.115 e. The average molecular weight is 161 g/mol. The van der Waals surface area contributed by atoms with E-state index in [-0.39, 0.29) is 5.92 Å². The van der Waals surface area contributed by atoms with Crippen molar-refractivity contribution >= 4 is 0 Å². The summed E-state index contributed by atoms with van der Waals surface area (Å²) in [7, 11) is 1.96. The van der Waals surface area contributed by atoms with Crippen LogP contribution in [0.15, 0.2) is 0 Å². The number of halogens is 1. The Morgan fingerprint density at radius 1 is 1.18 bits per heavy atom. The van der Waals surface area contributed by atoms with Gasteiger partial charge in [-0.1, -0.05) is 13.8 Å². The highest BCUT2D eigenvalue weighted by atomic mass is 19.1. The van der Waals surface area contributed by atoms with Crippen molar-refractivity contribution in [1.82, 2.24) is 4.90 Å². The summed E-state index contributed by atoms with van der Waals surface area (Å²) in [5, 5.41) is 0. The molecule has 0 aliphatic carbocycles. The predicted molar refractivity (Wildman–Crippen MR) is 47.5 cm³/mol. The zero-order chi connectivity index (χ0) is 9.02. The molecule has 0 radical (unpaired) electrons. The van der Waals surface area contributed by atoms with Crippen LogP contribution < -0.4 is 0 Å². The second-order valence-corrected chi connectivity index (χ2v) is 3.79. The fraction of sp³-hybridized carbons (Fsp3) is 1.00. The first-order valence-corrected chi connectivity index (χ1v) is 4.29. The molecular formula is C9H20FN. The fourth-order valence-corrected chi connectivity index (χ4v) is 0.697. The van der Waals surface area contributed by atoms with Crippen molar-refractivity contribution < 1.29 is 4.39 Å². The molecule has 0 saturated carbocycles. The Hall–Kier alpha value is -0.110. The summed E-state index contributed by atoms with van der Waals surface area (Å²) in [6, 6.07) is 0.437. The van der Waals surface area contributed by atoms with Gasteiger partial charge in [-0.3, -0.25) is 0 Å². The van der Waals surface area contributed by atoms with E-state index in [0.29, 0.717) is 12.6 Å². The van der Waals surface area contributed by atoms with Gasteiger partial charge in [0.05, 0.1) is 0 Å². The van der Waals surface area contributed by atoms with Crippen molar-refractivity contribution in [3.05, 3.63) is 0 Å². The molecular weight excluding hydrogens is 141 g/mol. The molecule has 0 aromatic carbocycles. The molecule has 68 valence electrons. The summed E-state index contributed by atoms with van der Waals surface area (Å²) in [6.07, 6.45) is -0.692. The number of hydrogen-bond donors (Lipinski definition) is 0. The molecule has 0 aliphatic heterocycles. The Labute approximate surface area is 69.6 Å². The van der Waals surface area contributed by atoms with E-state index in [0.717, 1.165) is 0 Å². The Morgan fingerprint density at radius 2 is 1.64 bits per heavy atom. The third-order valence-corrected chi connectivity index (χ3v) is 2.07. The van der Waals surface area contributed by atoms with Crippen LogP contribution in [-0.2, 0) is 0 Å². The van der Waals surface area contributed by atoms with Crippen LogP contribution in [0, 0.1) is 5.92 Å². The number of alkyl halides is 1. The molecule has 0 aromatic rings. The largest absolute Gasteiger partial charge is 0.301 e. The van der Waals surface area contributed by atoms with Crippen LogP contribution in [0.4, 0.5) is 4.39 Å². The lowest BCUT2D eigenvalue weighted by Crippen LogP contribution is -2.34. The van der Waals surface area contributed by atoms with Crippen molar-refractivity contribution in [2.45, 2.75) is 39.9 Å². The molecule has 0 spiro atoms. The summed E-state index contributed by atoms with van der Waals surface area (Å²) in [5.74, 6) is 0.135. The van der Waals surface area contributed by atoms with Crippen molar-refractivity contribution in [3.8, 4) is 0 Å². The van der Waals surface area contributed by atoms with Gasteiger partial charge in [-0.05, 0) is 26.8 Å². The van der Waals surface area contributed by atoms with Gasteiger partial charge < -0.3 is 4.90 Å². The Bertz CT molecular complexity index is 89.7. The average Bonchev–Trinajstić information content (AvgIpc) is 1.87. The van der Waals surface area contributed by atoms with Crippen molar-refractivity contribution in [2.24, 2.45) is 5.92 Å². The van der Waals surface area contributed by atoms with Crippen molar-refractivity contribution in [3.63, 3.8) is 0 Å². The van der Waals surface area contributed by atoms with E-state index in [9.17, 15) is 4.39 Å². The Kier molecular flexibility index (Phi) is 4.66. The van der Waals surface area contributed by atoms with Crippen LogP contribution in [0.5, 0.6) is 0 Å². The van der Waals surface area contributed by atoms with E-state index in [1.807, 2.05) is 25.8 Å². The van der Waals surface area contributed by atoms with Crippen LogP contribution in [0.3, 0.4) is 0 Å².